The minimum Gasteiger partial charge on any atom is -0.330 e. The summed E-state index contributed by atoms with van der Waals surface area (Å²) >= 11 is 1.64. The second-order valence-electron chi connectivity index (χ2n) is 4.89. The van der Waals surface area contributed by atoms with Gasteiger partial charge in [-0.25, -0.2) is 4.68 Å². The largest absolute Gasteiger partial charge is 0.330 e. The molecule has 5 nitrogen and oxygen atoms in total. The van der Waals surface area contributed by atoms with Crippen LogP contribution in [0.3, 0.4) is 0 Å². The van der Waals surface area contributed by atoms with Crippen molar-refractivity contribution in [2.45, 2.75) is 33.6 Å². The van der Waals surface area contributed by atoms with Gasteiger partial charge in [0.25, 0.3) is 0 Å². The molecule has 0 bridgehead atoms. The van der Waals surface area contributed by atoms with Crippen LogP contribution in [0.4, 0.5) is 0 Å². The first-order valence-electron chi connectivity index (χ1n) is 6.87. The molecular formula is C14H19N5S. The van der Waals surface area contributed by atoms with E-state index in [1.807, 2.05) is 16.3 Å². The van der Waals surface area contributed by atoms with E-state index in [0.29, 0.717) is 6.54 Å². The highest BCUT2D eigenvalue weighted by Gasteiger charge is 2.19. The number of aromatic nitrogens is 4. The zero-order chi connectivity index (χ0) is 14.3. The molecule has 0 atom stereocenters. The van der Waals surface area contributed by atoms with Gasteiger partial charge in [0.2, 0.25) is 0 Å². The Balaban J connectivity index is 2.23. The highest BCUT2D eigenvalue weighted by atomic mass is 32.1. The maximum Gasteiger partial charge on any atom is 0.195 e. The number of aryl methyl sites for hydroxylation is 1. The smallest absolute Gasteiger partial charge is 0.195 e. The number of rotatable bonds is 4. The van der Waals surface area contributed by atoms with Crippen molar-refractivity contribution >= 4 is 16.3 Å². The molecule has 3 aromatic rings. The Bertz CT molecular complexity index is 749. The fourth-order valence-electron chi connectivity index (χ4n) is 2.75. The van der Waals surface area contributed by atoms with Crippen LogP contribution < -0.4 is 5.73 Å². The molecular weight excluding hydrogens is 270 g/mol. The molecule has 3 rings (SSSR count). The second kappa shape index (κ2) is 5.03. The monoisotopic (exact) mass is 289 g/mol. The van der Waals surface area contributed by atoms with Crippen LogP contribution in [0.1, 0.15) is 29.6 Å². The number of nitrogens with zero attached hydrogens (tertiary/aromatic N) is 4. The van der Waals surface area contributed by atoms with Crippen LogP contribution in [0.2, 0.25) is 0 Å². The van der Waals surface area contributed by atoms with Crippen molar-refractivity contribution in [1.29, 1.82) is 0 Å². The fourth-order valence-corrected chi connectivity index (χ4v) is 3.48. The summed E-state index contributed by atoms with van der Waals surface area (Å²) in [6.07, 6.45) is 3.84. The third-order valence-corrected chi connectivity index (χ3v) is 4.47. The first-order chi connectivity index (χ1) is 9.67. The summed E-state index contributed by atoms with van der Waals surface area (Å²) in [6, 6.07) is 0. The highest BCUT2D eigenvalue weighted by Crippen LogP contribution is 2.24. The van der Waals surface area contributed by atoms with E-state index in [2.05, 4.69) is 30.3 Å². The van der Waals surface area contributed by atoms with Crippen molar-refractivity contribution in [2.24, 2.45) is 5.73 Å². The van der Waals surface area contributed by atoms with Gasteiger partial charge in [0.1, 0.15) is 0 Å². The Kier molecular flexibility index (Phi) is 3.35. The molecule has 2 N–H and O–H groups in total. The summed E-state index contributed by atoms with van der Waals surface area (Å²) in [5.41, 5.74) is 10.5. The molecule has 0 spiro atoms. The van der Waals surface area contributed by atoms with Gasteiger partial charge in [-0.3, -0.25) is 4.40 Å². The molecule has 0 aliphatic rings. The standard InChI is InChI=1S/C14H19N5S/c1-4-11-9(2)17-19(10(11)3)13-12(5-6-15)18-7-8-20-14(18)16-13/h7-8H,4-6,15H2,1-3H3. The van der Waals surface area contributed by atoms with Crippen molar-refractivity contribution < 1.29 is 0 Å². The zero-order valence-electron chi connectivity index (χ0n) is 12.1. The summed E-state index contributed by atoms with van der Waals surface area (Å²) in [5.74, 6) is 0.919. The average molecular weight is 289 g/mol. The van der Waals surface area contributed by atoms with Crippen LogP contribution in [0.25, 0.3) is 10.8 Å². The van der Waals surface area contributed by atoms with Crippen molar-refractivity contribution in [3.8, 4) is 5.82 Å². The maximum atomic E-state index is 5.76. The van der Waals surface area contributed by atoms with Crippen LogP contribution in [0, 0.1) is 13.8 Å². The molecule has 0 aromatic carbocycles. The number of nitrogens with two attached hydrogens (primary N) is 1. The van der Waals surface area contributed by atoms with E-state index in [9.17, 15) is 0 Å². The summed E-state index contributed by atoms with van der Waals surface area (Å²) in [5, 5.41) is 6.72. The molecule has 106 valence electrons. The summed E-state index contributed by atoms with van der Waals surface area (Å²) in [7, 11) is 0. The van der Waals surface area contributed by atoms with Gasteiger partial charge in [0, 0.05) is 23.7 Å². The van der Waals surface area contributed by atoms with Crippen LogP contribution in [0.15, 0.2) is 11.6 Å². The predicted octanol–water partition coefficient (Wildman–Crippen LogP) is 2.26. The molecule has 0 saturated carbocycles. The topological polar surface area (TPSA) is 61.1 Å². The molecule has 0 aliphatic carbocycles. The summed E-state index contributed by atoms with van der Waals surface area (Å²) < 4.78 is 4.09. The quantitative estimate of drug-likeness (QED) is 0.801. The van der Waals surface area contributed by atoms with Crippen molar-refractivity contribution in [1.82, 2.24) is 19.2 Å². The Labute approximate surface area is 122 Å². The van der Waals surface area contributed by atoms with Gasteiger partial charge in [0.05, 0.1) is 11.4 Å². The van der Waals surface area contributed by atoms with E-state index in [0.717, 1.165) is 35.0 Å². The maximum absolute atomic E-state index is 5.76. The molecule has 3 aromatic heterocycles. The molecule has 0 radical (unpaired) electrons. The molecule has 3 heterocycles. The Morgan fingerprint density at radius 3 is 2.80 bits per heavy atom. The molecule has 0 saturated heterocycles. The van der Waals surface area contributed by atoms with Gasteiger partial charge < -0.3 is 5.73 Å². The van der Waals surface area contributed by atoms with E-state index in [1.165, 1.54) is 11.3 Å². The number of imidazole rings is 1. The second-order valence-corrected chi connectivity index (χ2v) is 5.76. The van der Waals surface area contributed by atoms with Gasteiger partial charge in [-0.15, -0.1) is 11.3 Å². The Morgan fingerprint density at radius 2 is 2.15 bits per heavy atom. The summed E-state index contributed by atoms with van der Waals surface area (Å²) in [4.78, 5) is 5.73. The van der Waals surface area contributed by atoms with E-state index in [4.69, 9.17) is 10.7 Å². The fraction of sp³-hybridized carbons (Fsp3) is 0.429. The third kappa shape index (κ3) is 1.87. The van der Waals surface area contributed by atoms with Crippen LogP contribution in [0.5, 0.6) is 0 Å². The average Bonchev–Trinajstić information content (AvgIpc) is 3.06. The highest BCUT2D eigenvalue weighted by molar-refractivity contribution is 7.15. The van der Waals surface area contributed by atoms with Crippen LogP contribution in [-0.4, -0.2) is 25.7 Å². The van der Waals surface area contributed by atoms with Crippen molar-refractivity contribution in [3.63, 3.8) is 0 Å². The van der Waals surface area contributed by atoms with Crippen LogP contribution >= 0.6 is 11.3 Å². The predicted molar refractivity (Wildman–Crippen MR) is 81.8 cm³/mol. The Hall–Kier alpha value is -1.66. The zero-order valence-corrected chi connectivity index (χ0v) is 12.9. The number of hydrogen-bond acceptors (Lipinski definition) is 4. The first-order valence-corrected chi connectivity index (χ1v) is 7.75. The van der Waals surface area contributed by atoms with Gasteiger partial charge >= 0.3 is 0 Å². The number of fused-ring (bicyclic) bond motifs is 1. The van der Waals surface area contributed by atoms with Crippen molar-refractivity contribution in [3.05, 3.63) is 34.2 Å². The minimum atomic E-state index is 0.608. The molecule has 0 unspecified atom stereocenters. The van der Waals surface area contributed by atoms with E-state index in [1.54, 1.807) is 11.3 Å². The van der Waals surface area contributed by atoms with E-state index in [-0.39, 0.29) is 0 Å². The lowest BCUT2D eigenvalue weighted by molar-refractivity contribution is 0.785. The number of hydrogen-bond donors (Lipinski definition) is 1. The van der Waals surface area contributed by atoms with Gasteiger partial charge in [-0.1, -0.05) is 6.92 Å². The lowest BCUT2D eigenvalue weighted by Crippen LogP contribution is -2.10. The number of thiazole rings is 1. The molecule has 0 amide bonds. The Morgan fingerprint density at radius 1 is 1.35 bits per heavy atom. The van der Waals surface area contributed by atoms with Gasteiger partial charge in [-0.2, -0.15) is 10.1 Å². The van der Waals surface area contributed by atoms with E-state index < -0.39 is 0 Å². The normalized spacial score (nSPS) is 11.6. The van der Waals surface area contributed by atoms with Gasteiger partial charge in [0.15, 0.2) is 10.8 Å². The SMILES string of the molecule is CCc1c(C)nn(-c2nc3sccn3c2CCN)c1C. The lowest BCUT2D eigenvalue weighted by atomic mass is 10.1. The van der Waals surface area contributed by atoms with Crippen LogP contribution in [-0.2, 0) is 12.8 Å². The summed E-state index contributed by atoms with van der Waals surface area (Å²) in [6.45, 7) is 6.94. The molecule has 0 aliphatic heterocycles. The lowest BCUT2D eigenvalue weighted by Gasteiger charge is -2.05. The van der Waals surface area contributed by atoms with E-state index >= 15 is 0 Å². The minimum absolute atomic E-state index is 0.608. The molecule has 20 heavy (non-hydrogen) atoms. The third-order valence-electron chi connectivity index (χ3n) is 3.72. The van der Waals surface area contributed by atoms with Crippen molar-refractivity contribution in [2.75, 3.05) is 6.54 Å². The first kappa shape index (κ1) is 13.3. The molecule has 0 fully saturated rings. The molecule has 6 heteroatoms. The van der Waals surface area contributed by atoms with Gasteiger partial charge in [-0.05, 0) is 32.4 Å².